The van der Waals surface area contributed by atoms with Gasteiger partial charge in [0.05, 0.1) is 16.9 Å². The van der Waals surface area contributed by atoms with Crippen molar-refractivity contribution in [2.45, 2.75) is 37.0 Å². The van der Waals surface area contributed by atoms with Crippen LogP contribution in [0.2, 0.25) is 0 Å². The van der Waals surface area contributed by atoms with Gasteiger partial charge in [-0.2, -0.15) is 5.26 Å². The van der Waals surface area contributed by atoms with Crippen molar-refractivity contribution in [1.29, 1.82) is 5.26 Å². The number of aryl methyl sites for hydroxylation is 1. The van der Waals surface area contributed by atoms with Crippen molar-refractivity contribution >= 4 is 26.7 Å². The smallest absolute Gasteiger partial charge is 0.264 e. The number of fused-ring (bicyclic) bond motifs is 1. The van der Waals surface area contributed by atoms with Crippen LogP contribution in [0, 0.1) is 18.3 Å². The van der Waals surface area contributed by atoms with Crippen molar-refractivity contribution in [3.05, 3.63) is 77.9 Å². The van der Waals surface area contributed by atoms with E-state index in [4.69, 9.17) is 5.26 Å². The van der Waals surface area contributed by atoms with Crippen LogP contribution in [-0.4, -0.2) is 14.3 Å². The highest BCUT2D eigenvalue weighted by Gasteiger charge is 2.26. The maximum Gasteiger partial charge on any atom is 0.264 e. The van der Waals surface area contributed by atoms with Crippen molar-refractivity contribution in [3.63, 3.8) is 0 Å². The Kier molecular flexibility index (Phi) is 6.30. The normalized spacial score (nSPS) is 12.3. The number of unbranched alkanes of at least 4 members (excludes halogenated alkanes) is 1. The zero-order valence-electron chi connectivity index (χ0n) is 16.1. The van der Waals surface area contributed by atoms with Gasteiger partial charge in [0.25, 0.3) is 10.0 Å². The molecule has 3 rings (SSSR count). The maximum absolute atomic E-state index is 13.0. The number of carbonyl (C=O) groups is 1. The summed E-state index contributed by atoms with van der Waals surface area (Å²) in [5.74, 6) is -1.24. The third-order valence-corrected chi connectivity index (χ3v) is 6.20. The molecular weight excluding hydrogens is 384 g/mol. The van der Waals surface area contributed by atoms with E-state index in [-0.39, 0.29) is 4.90 Å². The lowest BCUT2D eigenvalue weighted by Crippen LogP contribution is -2.34. The molecular formula is C23H22N2O3S. The van der Waals surface area contributed by atoms with E-state index >= 15 is 0 Å². The fourth-order valence-electron chi connectivity index (χ4n) is 3.24. The summed E-state index contributed by atoms with van der Waals surface area (Å²) in [5, 5.41) is 10.9. The van der Waals surface area contributed by atoms with E-state index in [1.54, 1.807) is 12.1 Å². The van der Waals surface area contributed by atoms with Crippen molar-refractivity contribution in [2.24, 2.45) is 0 Å². The number of hydrogen-bond donors (Lipinski definition) is 1. The summed E-state index contributed by atoms with van der Waals surface area (Å²) in [6, 6.07) is 21.9. The number of carbonyl (C=O) groups excluding carboxylic acids is 1. The number of amides is 1. The number of rotatable bonds is 7. The van der Waals surface area contributed by atoms with Crippen LogP contribution in [-0.2, 0) is 14.8 Å². The summed E-state index contributed by atoms with van der Waals surface area (Å²) in [6.45, 7) is 1.86. The number of nitriles is 1. The van der Waals surface area contributed by atoms with Crippen LogP contribution < -0.4 is 4.72 Å². The first kappa shape index (κ1) is 20.6. The van der Waals surface area contributed by atoms with Crippen molar-refractivity contribution in [1.82, 2.24) is 4.72 Å². The van der Waals surface area contributed by atoms with Crippen molar-refractivity contribution < 1.29 is 13.2 Å². The van der Waals surface area contributed by atoms with Crippen LogP contribution in [0.25, 0.3) is 10.8 Å². The van der Waals surface area contributed by atoms with Gasteiger partial charge in [-0.15, -0.1) is 0 Å². The Bertz CT molecular complexity index is 1160. The SMILES string of the molecule is Cc1ccc(S(=O)(=O)NC(=O)C(CCCC#N)c2ccc3ccccc3c2)cc1. The molecule has 0 bridgehead atoms. The zero-order valence-corrected chi connectivity index (χ0v) is 16.9. The predicted octanol–water partition coefficient (Wildman–Crippen LogP) is 4.43. The highest BCUT2D eigenvalue weighted by atomic mass is 32.2. The van der Waals surface area contributed by atoms with Gasteiger partial charge < -0.3 is 0 Å². The summed E-state index contributed by atoms with van der Waals surface area (Å²) >= 11 is 0. The molecule has 1 amide bonds. The number of hydrogen-bond acceptors (Lipinski definition) is 4. The Hall–Kier alpha value is -3.17. The molecule has 0 aromatic heterocycles. The fraction of sp³-hybridized carbons (Fsp3) is 0.217. The molecule has 0 saturated carbocycles. The molecule has 6 heteroatoms. The lowest BCUT2D eigenvalue weighted by molar-refractivity contribution is -0.121. The zero-order chi connectivity index (χ0) is 20.9. The summed E-state index contributed by atoms with van der Waals surface area (Å²) in [6.07, 6.45) is 1.20. The van der Waals surface area contributed by atoms with E-state index in [1.165, 1.54) is 12.1 Å². The minimum absolute atomic E-state index is 0.0470. The Balaban J connectivity index is 1.89. The second-order valence-electron chi connectivity index (χ2n) is 6.99. The minimum Gasteiger partial charge on any atom is -0.273 e. The average Bonchev–Trinajstić information content (AvgIpc) is 2.71. The van der Waals surface area contributed by atoms with Crippen molar-refractivity contribution in [2.75, 3.05) is 0 Å². The molecule has 0 aliphatic carbocycles. The van der Waals surface area contributed by atoms with Crippen LogP contribution in [0.4, 0.5) is 0 Å². The van der Waals surface area contributed by atoms with E-state index in [2.05, 4.69) is 10.8 Å². The molecule has 5 nitrogen and oxygen atoms in total. The fourth-order valence-corrected chi connectivity index (χ4v) is 4.26. The van der Waals surface area contributed by atoms with E-state index in [9.17, 15) is 13.2 Å². The van der Waals surface area contributed by atoms with Crippen LogP contribution in [0.1, 0.15) is 36.3 Å². The van der Waals surface area contributed by atoms with Crippen molar-refractivity contribution in [3.8, 4) is 6.07 Å². The van der Waals surface area contributed by atoms with Gasteiger partial charge in [-0.05, 0) is 48.2 Å². The lowest BCUT2D eigenvalue weighted by atomic mass is 9.91. The number of nitrogens with one attached hydrogen (secondary N) is 1. The molecule has 0 aliphatic heterocycles. The summed E-state index contributed by atoms with van der Waals surface area (Å²) in [4.78, 5) is 13.0. The second-order valence-corrected chi connectivity index (χ2v) is 8.67. The average molecular weight is 407 g/mol. The Morgan fingerprint density at radius 1 is 1.03 bits per heavy atom. The quantitative estimate of drug-likeness (QED) is 0.588. The molecule has 1 unspecified atom stereocenters. The van der Waals surface area contributed by atoms with Crippen LogP contribution in [0.15, 0.2) is 71.6 Å². The largest absolute Gasteiger partial charge is 0.273 e. The van der Waals surface area contributed by atoms with Gasteiger partial charge in [-0.1, -0.05) is 60.2 Å². The maximum atomic E-state index is 13.0. The molecule has 0 heterocycles. The third kappa shape index (κ3) is 5.01. The highest BCUT2D eigenvalue weighted by molar-refractivity contribution is 7.90. The van der Waals surface area contributed by atoms with E-state index in [1.807, 2.05) is 49.4 Å². The Labute approximate surface area is 171 Å². The monoisotopic (exact) mass is 406 g/mol. The molecule has 0 radical (unpaired) electrons. The molecule has 0 spiro atoms. The number of nitrogens with zero attached hydrogens (tertiary/aromatic N) is 1. The first-order valence-electron chi connectivity index (χ1n) is 9.40. The van der Waals surface area contributed by atoms with Crippen LogP contribution in [0.5, 0.6) is 0 Å². The molecule has 0 fully saturated rings. The number of benzene rings is 3. The van der Waals surface area contributed by atoms with E-state index in [0.29, 0.717) is 19.3 Å². The Morgan fingerprint density at radius 2 is 1.72 bits per heavy atom. The molecule has 0 saturated heterocycles. The lowest BCUT2D eigenvalue weighted by Gasteiger charge is -2.18. The molecule has 3 aromatic rings. The molecule has 148 valence electrons. The van der Waals surface area contributed by atoms with Crippen LogP contribution >= 0.6 is 0 Å². The standard InChI is InChI=1S/C23H22N2O3S/c1-17-9-13-21(14-10-17)29(27,28)25-23(26)22(8-4-5-15-24)20-12-11-18-6-2-3-7-19(18)16-20/h2-3,6-7,9-14,16,22H,4-5,8H2,1H3,(H,25,26). The molecule has 1 N–H and O–H groups in total. The van der Waals surface area contributed by atoms with Gasteiger partial charge in [-0.25, -0.2) is 13.1 Å². The summed E-state index contributed by atoms with van der Waals surface area (Å²) in [5.41, 5.74) is 1.67. The first-order chi connectivity index (χ1) is 13.9. The number of sulfonamides is 1. The van der Waals surface area contributed by atoms with Gasteiger partial charge in [0.1, 0.15) is 0 Å². The second kappa shape index (κ2) is 8.89. The summed E-state index contributed by atoms with van der Waals surface area (Å²) in [7, 11) is -3.97. The highest BCUT2D eigenvalue weighted by Crippen LogP contribution is 2.27. The topological polar surface area (TPSA) is 87.0 Å². The van der Waals surface area contributed by atoms with E-state index < -0.39 is 21.8 Å². The third-order valence-electron chi connectivity index (χ3n) is 4.84. The van der Waals surface area contributed by atoms with Gasteiger partial charge >= 0.3 is 0 Å². The molecule has 1 atom stereocenters. The van der Waals surface area contributed by atoms with Crippen LogP contribution in [0.3, 0.4) is 0 Å². The molecule has 3 aromatic carbocycles. The molecule has 0 aliphatic rings. The van der Waals surface area contributed by atoms with Gasteiger partial charge in [0.15, 0.2) is 0 Å². The minimum atomic E-state index is -3.97. The van der Waals surface area contributed by atoms with Gasteiger partial charge in [-0.3, -0.25) is 4.79 Å². The van der Waals surface area contributed by atoms with E-state index in [0.717, 1.165) is 21.9 Å². The first-order valence-corrected chi connectivity index (χ1v) is 10.9. The predicted molar refractivity (Wildman–Crippen MR) is 113 cm³/mol. The van der Waals surface area contributed by atoms with Gasteiger partial charge in [0.2, 0.25) is 5.91 Å². The molecule has 29 heavy (non-hydrogen) atoms. The summed E-state index contributed by atoms with van der Waals surface area (Å²) < 4.78 is 27.5. The Morgan fingerprint density at radius 3 is 2.41 bits per heavy atom. The van der Waals surface area contributed by atoms with Gasteiger partial charge in [0, 0.05) is 6.42 Å².